The van der Waals surface area contributed by atoms with Crippen molar-refractivity contribution in [1.29, 1.82) is 0 Å². The first-order chi connectivity index (χ1) is 8.11. The Morgan fingerprint density at radius 2 is 2.12 bits per heavy atom. The largest absolute Gasteiger partial charge is 0.383 e. The molecule has 0 aromatic carbocycles. The molecule has 0 saturated heterocycles. The van der Waals surface area contributed by atoms with Gasteiger partial charge in [-0.25, -0.2) is 9.97 Å². The zero-order valence-electron chi connectivity index (χ0n) is 9.11. The summed E-state index contributed by atoms with van der Waals surface area (Å²) in [5.41, 5.74) is 7.46. The molecule has 4 nitrogen and oxygen atoms in total. The number of nitrogen functional groups attached to an aromatic ring is 1. The van der Waals surface area contributed by atoms with Crippen LogP contribution in [0.2, 0.25) is 5.02 Å². The fraction of sp³-hybridized carbons (Fsp3) is 0.182. The van der Waals surface area contributed by atoms with E-state index in [1.807, 2.05) is 6.92 Å². The number of pyridine rings is 1. The van der Waals surface area contributed by atoms with Gasteiger partial charge in [-0.05, 0) is 41.1 Å². The maximum atomic E-state index is 5.85. The molecule has 0 bridgehead atoms. The Morgan fingerprint density at radius 3 is 2.71 bits per heavy atom. The summed E-state index contributed by atoms with van der Waals surface area (Å²) in [6.45, 7) is 2.03. The highest BCUT2D eigenvalue weighted by atomic mass is 127. The third kappa shape index (κ3) is 2.66. The predicted molar refractivity (Wildman–Crippen MR) is 76.8 cm³/mol. The summed E-state index contributed by atoms with van der Waals surface area (Å²) < 4.78 is 0.905. The molecule has 0 fully saturated rings. The highest BCUT2D eigenvalue weighted by Gasteiger charge is 2.10. The molecule has 2 rings (SSSR count). The molecular weight excluding hydrogens is 351 g/mol. The number of hydrogen-bond donors (Lipinski definition) is 1. The molecule has 0 spiro atoms. The molecule has 2 aromatic heterocycles. The van der Waals surface area contributed by atoms with E-state index in [1.54, 1.807) is 18.3 Å². The van der Waals surface area contributed by atoms with E-state index in [-0.39, 0.29) is 0 Å². The minimum atomic E-state index is 0.490. The number of nitrogens with zero attached hydrogens (tertiary/aromatic N) is 3. The number of anilines is 1. The van der Waals surface area contributed by atoms with Gasteiger partial charge in [-0.3, -0.25) is 4.98 Å². The molecule has 2 aromatic rings. The molecule has 0 atom stereocenters. The van der Waals surface area contributed by atoms with Crippen LogP contribution in [0.1, 0.15) is 12.6 Å². The van der Waals surface area contributed by atoms with Crippen LogP contribution in [0.4, 0.5) is 5.82 Å². The van der Waals surface area contributed by atoms with Crippen molar-refractivity contribution >= 4 is 40.0 Å². The number of aromatic nitrogens is 3. The average Bonchev–Trinajstić information content (AvgIpc) is 2.33. The number of hydrogen-bond acceptors (Lipinski definition) is 4. The van der Waals surface area contributed by atoms with Crippen LogP contribution >= 0.6 is 34.2 Å². The highest BCUT2D eigenvalue weighted by Crippen LogP contribution is 2.21. The quantitative estimate of drug-likeness (QED) is 0.836. The third-order valence-corrected chi connectivity index (χ3v) is 3.64. The second kappa shape index (κ2) is 5.14. The van der Waals surface area contributed by atoms with E-state index in [0.717, 1.165) is 15.7 Å². The average molecular weight is 361 g/mol. The van der Waals surface area contributed by atoms with E-state index in [0.29, 0.717) is 22.4 Å². The Balaban J connectivity index is 2.52. The van der Waals surface area contributed by atoms with Crippen LogP contribution in [-0.2, 0) is 6.42 Å². The van der Waals surface area contributed by atoms with E-state index in [4.69, 9.17) is 17.3 Å². The summed E-state index contributed by atoms with van der Waals surface area (Å²) in [6, 6.07) is 3.54. The monoisotopic (exact) mass is 360 g/mol. The van der Waals surface area contributed by atoms with Crippen molar-refractivity contribution < 1.29 is 0 Å². The molecule has 0 unspecified atom stereocenters. The van der Waals surface area contributed by atoms with E-state index in [1.165, 1.54) is 0 Å². The topological polar surface area (TPSA) is 64.7 Å². The lowest BCUT2D eigenvalue weighted by atomic mass is 10.3. The Bertz CT molecular complexity index is 542. The van der Waals surface area contributed by atoms with Gasteiger partial charge in [0.05, 0.1) is 14.3 Å². The van der Waals surface area contributed by atoms with Crippen LogP contribution in [0, 0.1) is 3.57 Å². The van der Waals surface area contributed by atoms with Crippen molar-refractivity contribution in [3.63, 3.8) is 0 Å². The fourth-order valence-corrected chi connectivity index (χ4v) is 2.10. The molecule has 0 aliphatic heterocycles. The summed E-state index contributed by atoms with van der Waals surface area (Å²) in [4.78, 5) is 12.9. The van der Waals surface area contributed by atoms with Gasteiger partial charge in [-0.15, -0.1) is 0 Å². The molecule has 0 radical (unpaired) electrons. The van der Waals surface area contributed by atoms with E-state index >= 15 is 0 Å². The van der Waals surface area contributed by atoms with Crippen LogP contribution in [0.5, 0.6) is 0 Å². The van der Waals surface area contributed by atoms with Gasteiger partial charge in [0.1, 0.15) is 11.5 Å². The minimum absolute atomic E-state index is 0.490. The third-order valence-electron chi connectivity index (χ3n) is 2.24. The van der Waals surface area contributed by atoms with Crippen LogP contribution < -0.4 is 5.73 Å². The first-order valence-electron chi connectivity index (χ1n) is 5.05. The molecule has 6 heteroatoms. The summed E-state index contributed by atoms with van der Waals surface area (Å²) in [7, 11) is 0. The summed E-state index contributed by atoms with van der Waals surface area (Å²) in [5.74, 6) is 1.03. The minimum Gasteiger partial charge on any atom is -0.383 e. The van der Waals surface area contributed by atoms with Gasteiger partial charge in [0.25, 0.3) is 0 Å². The van der Waals surface area contributed by atoms with Crippen LogP contribution in [0.15, 0.2) is 18.3 Å². The highest BCUT2D eigenvalue weighted by molar-refractivity contribution is 14.1. The van der Waals surface area contributed by atoms with Crippen molar-refractivity contribution in [2.24, 2.45) is 0 Å². The second-order valence-corrected chi connectivity index (χ2v) is 4.92. The Labute approximate surface area is 118 Å². The van der Waals surface area contributed by atoms with Gasteiger partial charge in [0, 0.05) is 6.20 Å². The van der Waals surface area contributed by atoms with Gasteiger partial charge in [-0.1, -0.05) is 18.5 Å². The van der Waals surface area contributed by atoms with Gasteiger partial charge in [0.2, 0.25) is 0 Å². The molecule has 2 heterocycles. The Kier molecular flexibility index (Phi) is 3.78. The molecular formula is C11H10ClIN4. The van der Waals surface area contributed by atoms with E-state index in [9.17, 15) is 0 Å². The van der Waals surface area contributed by atoms with E-state index < -0.39 is 0 Å². The maximum absolute atomic E-state index is 5.85. The van der Waals surface area contributed by atoms with Crippen LogP contribution in [0.3, 0.4) is 0 Å². The smallest absolute Gasteiger partial charge is 0.180 e. The summed E-state index contributed by atoms with van der Waals surface area (Å²) in [5, 5.41) is 0.586. The lowest BCUT2D eigenvalue weighted by molar-refractivity contribution is 0.988. The molecule has 88 valence electrons. The zero-order chi connectivity index (χ0) is 12.4. The zero-order valence-corrected chi connectivity index (χ0v) is 12.0. The lowest BCUT2D eigenvalue weighted by Gasteiger charge is -2.06. The van der Waals surface area contributed by atoms with Crippen molar-refractivity contribution in [2.45, 2.75) is 13.3 Å². The molecule has 0 amide bonds. The number of aryl methyl sites for hydroxylation is 1. The number of rotatable bonds is 2. The lowest BCUT2D eigenvalue weighted by Crippen LogP contribution is -2.04. The van der Waals surface area contributed by atoms with Gasteiger partial charge >= 0.3 is 0 Å². The number of nitrogens with two attached hydrogens (primary N) is 1. The van der Waals surface area contributed by atoms with Crippen molar-refractivity contribution in [3.05, 3.63) is 32.6 Å². The first kappa shape index (κ1) is 12.5. The van der Waals surface area contributed by atoms with Crippen molar-refractivity contribution in [1.82, 2.24) is 15.0 Å². The van der Waals surface area contributed by atoms with Gasteiger partial charge in [0.15, 0.2) is 5.82 Å². The first-order valence-corrected chi connectivity index (χ1v) is 6.51. The summed E-state index contributed by atoms with van der Waals surface area (Å²) in [6.07, 6.45) is 2.38. The van der Waals surface area contributed by atoms with Crippen LogP contribution in [0.25, 0.3) is 11.5 Å². The molecule has 0 aliphatic carbocycles. The standard InChI is InChI=1S/C11H10ClIN4/c1-2-7-9(13)10(14)17-11(16-7)8-4-3-6(12)5-15-8/h3-5H,2H2,1H3,(H2,14,16,17). The van der Waals surface area contributed by atoms with Crippen molar-refractivity contribution in [3.8, 4) is 11.5 Å². The maximum Gasteiger partial charge on any atom is 0.180 e. The predicted octanol–water partition coefficient (Wildman–Crippen LogP) is 2.94. The van der Waals surface area contributed by atoms with E-state index in [2.05, 4.69) is 37.5 Å². The Hall–Kier alpha value is -0.950. The molecule has 17 heavy (non-hydrogen) atoms. The molecule has 2 N–H and O–H groups in total. The molecule has 0 aliphatic rings. The van der Waals surface area contributed by atoms with Gasteiger partial charge in [-0.2, -0.15) is 0 Å². The SMILES string of the molecule is CCc1nc(-c2ccc(Cl)cn2)nc(N)c1I. The van der Waals surface area contributed by atoms with Gasteiger partial charge < -0.3 is 5.73 Å². The number of halogens is 2. The summed E-state index contributed by atoms with van der Waals surface area (Å²) >= 11 is 7.94. The fourth-order valence-electron chi connectivity index (χ4n) is 1.37. The Morgan fingerprint density at radius 1 is 1.35 bits per heavy atom. The van der Waals surface area contributed by atoms with Crippen LogP contribution in [-0.4, -0.2) is 15.0 Å². The second-order valence-electron chi connectivity index (χ2n) is 3.41. The molecule has 0 saturated carbocycles. The normalized spacial score (nSPS) is 10.5. The van der Waals surface area contributed by atoms with Crippen molar-refractivity contribution in [2.75, 3.05) is 5.73 Å².